The van der Waals surface area contributed by atoms with E-state index < -0.39 is 6.09 Å². The van der Waals surface area contributed by atoms with E-state index in [9.17, 15) is 4.79 Å². The standard InChI is InChI=1S/C12H14N4O2/c1-8-4-10(7-16(8)12(17)18)15-11-5-9(6-13)2-3-14-11/h2-3,5,8,10H,4,7H2,1H3,(H,14,15)(H,17,18). The molecule has 2 rings (SSSR count). The number of amides is 1. The fourth-order valence-electron chi connectivity index (χ4n) is 2.19. The lowest BCUT2D eigenvalue weighted by atomic mass is 10.2. The van der Waals surface area contributed by atoms with Crippen LogP contribution < -0.4 is 5.32 Å². The molecule has 0 bridgehead atoms. The number of nitrogens with one attached hydrogen (secondary N) is 1. The molecule has 1 fully saturated rings. The molecule has 1 aromatic rings. The fourth-order valence-corrected chi connectivity index (χ4v) is 2.19. The second kappa shape index (κ2) is 4.92. The molecule has 18 heavy (non-hydrogen) atoms. The van der Waals surface area contributed by atoms with Crippen LogP contribution in [0.1, 0.15) is 18.9 Å². The lowest BCUT2D eigenvalue weighted by molar-refractivity contribution is 0.143. The minimum Gasteiger partial charge on any atom is -0.465 e. The van der Waals surface area contributed by atoms with Crippen LogP contribution in [0.15, 0.2) is 18.3 Å². The average molecular weight is 246 g/mol. The van der Waals surface area contributed by atoms with Crippen molar-refractivity contribution in [1.29, 1.82) is 5.26 Å². The van der Waals surface area contributed by atoms with Gasteiger partial charge in [-0.1, -0.05) is 0 Å². The molecule has 0 saturated carbocycles. The van der Waals surface area contributed by atoms with Crippen molar-refractivity contribution in [2.75, 3.05) is 11.9 Å². The highest BCUT2D eigenvalue weighted by atomic mass is 16.4. The van der Waals surface area contributed by atoms with Crippen LogP contribution >= 0.6 is 0 Å². The number of carbonyl (C=O) groups is 1. The van der Waals surface area contributed by atoms with Gasteiger partial charge in [0.05, 0.1) is 11.6 Å². The molecule has 0 aliphatic carbocycles. The van der Waals surface area contributed by atoms with E-state index in [1.807, 2.05) is 13.0 Å². The topological polar surface area (TPSA) is 89.3 Å². The normalized spacial score (nSPS) is 22.6. The lowest BCUT2D eigenvalue weighted by Gasteiger charge is -2.16. The molecule has 0 aromatic carbocycles. The van der Waals surface area contributed by atoms with Crippen LogP contribution in [0.2, 0.25) is 0 Å². The molecule has 0 spiro atoms. The Morgan fingerprint density at radius 1 is 1.72 bits per heavy atom. The van der Waals surface area contributed by atoms with Crippen LogP contribution in [0.5, 0.6) is 0 Å². The summed E-state index contributed by atoms with van der Waals surface area (Å²) in [6, 6.07) is 5.37. The number of likely N-dealkylation sites (tertiary alicyclic amines) is 1. The van der Waals surface area contributed by atoms with Crippen molar-refractivity contribution in [2.24, 2.45) is 0 Å². The van der Waals surface area contributed by atoms with E-state index in [-0.39, 0.29) is 12.1 Å². The van der Waals surface area contributed by atoms with Gasteiger partial charge in [-0.2, -0.15) is 5.26 Å². The Bertz CT molecular complexity index is 497. The highest BCUT2D eigenvalue weighted by Gasteiger charge is 2.32. The Morgan fingerprint density at radius 2 is 2.50 bits per heavy atom. The average Bonchev–Trinajstić information content (AvgIpc) is 2.70. The molecule has 94 valence electrons. The Balaban J connectivity index is 2.03. The van der Waals surface area contributed by atoms with Crippen LogP contribution in [-0.4, -0.2) is 39.7 Å². The van der Waals surface area contributed by atoms with Gasteiger partial charge in [0, 0.05) is 24.8 Å². The van der Waals surface area contributed by atoms with Gasteiger partial charge in [-0.3, -0.25) is 0 Å². The summed E-state index contributed by atoms with van der Waals surface area (Å²) in [5.41, 5.74) is 0.536. The molecule has 6 heteroatoms. The monoisotopic (exact) mass is 246 g/mol. The Morgan fingerprint density at radius 3 is 3.11 bits per heavy atom. The number of carboxylic acid groups (broad SMARTS) is 1. The van der Waals surface area contributed by atoms with Gasteiger partial charge in [-0.15, -0.1) is 0 Å². The molecular formula is C12H14N4O2. The van der Waals surface area contributed by atoms with Gasteiger partial charge in [0.15, 0.2) is 0 Å². The first-order valence-corrected chi connectivity index (χ1v) is 5.72. The highest BCUT2D eigenvalue weighted by molar-refractivity contribution is 5.66. The summed E-state index contributed by atoms with van der Waals surface area (Å²) in [5.74, 6) is 0.610. The van der Waals surface area contributed by atoms with Crippen molar-refractivity contribution in [2.45, 2.75) is 25.4 Å². The van der Waals surface area contributed by atoms with Crippen molar-refractivity contribution in [1.82, 2.24) is 9.88 Å². The molecule has 2 unspecified atom stereocenters. The molecule has 1 saturated heterocycles. The van der Waals surface area contributed by atoms with E-state index >= 15 is 0 Å². The minimum absolute atomic E-state index is 0.000788. The number of nitrogens with zero attached hydrogens (tertiary/aromatic N) is 3. The fraction of sp³-hybridized carbons (Fsp3) is 0.417. The molecule has 6 nitrogen and oxygen atoms in total. The van der Waals surface area contributed by atoms with Gasteiger partial charge >= 0.3 is 6.09 Å². The summed E-state index contributed by atoms with van der Waals surface area (Å²) in [6.07, 6.45) is 1.41. The number of hydrogen-bond donors (Lipinski definition) is 2. The molecular weight excluding hydrogens is 232 g/mol. The summed E-state index contributed by atoms with van der Waals surface area (Å²) in [4.78, 5) is 16.5. The van der Waals surface area contributed by atoms with Gasteiger partial charge in [-0.05, 0) is 25.5 Å². The van der Waals surface area contributed by atoms with Crippen molar-refractivity contribution in [3.8, 4) is 6.07 Å². The zero-order chi connectivity index (χ0) is 13.1. The predicted molar refractivity (Wildman–Crippen MR) is 65.2 cm³/mol. The van der Waals surface area contributed by atoms with Crippen LogP contribution in [0.4, 0.5) is 10.6 Å². The first-order valence-electron chi connectivity index (χ1n) is 5.72. The van der Waals surface area contributed by atoms with E-state index in [1.165, 1.54) is 4.90 Å². The summed E-state index contributed by atoms with van der Waals surface area (Å²) < 4.78 is 0. The van der Waals surface area contributed by atoms with E-state index in [4.69, 9.17) is 10.4 Å². The molecule has 2 atom stereocenters. The second-order valence-corrected chi connectivity index (χ2v) is 4.40. The molecule has 1 aromatic heterocycles. The quantitative estimate of drug-likeness (QED) is 0.825. The van der Waals surface area contributed by atoms with E-state index in [0.29, 0.717) is 17.9 Å². The number of hydrogen-bond acceptors (Lipinski definition) is 4. The summed E-state index contributed by atoms with van der Waals surface area (Å²) in [6.45, 7) is 2.32. The van der Waals surface area contributed by atoms with Crippen molar-refractivity contribution >= 4 is 11.9 Å². The van der Waals surface area contributed by atoms with Crippen molar-refractivity contribution in [3.63, 3.8) is 0 Å². The third kappa shape index (κ3) is 2.51. The van der Waals surface area contributed by atoms with Crippen LogP contribution in [0.25, 0.3) is 0 Å². The molecule has 1 aliphatic rings. The van der Waals surface area contributed by atoms with Gasteiger partial charge < -0.3 is 15.3 Å². The van der Waals surface area contributed by atoms with Gasteiger partial charge in [0.2, 0.25) is 0 Å². The number of rotatable bonds is 2. The summed E-state index contributed by atoms with van der Waals surface area (Å²) in [7, 11) is 0. The number of pyridine rings is 1. The number of nitriles is 1. The first kappa shape index (κ1) is 12.2. The van der Waals surface area contributed by atoms with Crippen molar-refractivity contribution < 1.29 is 9.90 Å². The molecule has 1 aliphatic heterocycles. The van der Waals surface area contributed by atoms with Crippen LogP contribution in [0, 0.1) is 11.3 Å². The Kier molecular flexibility index (Phi) is 3.33. The minimum atomic E-state index is -0.898. The zero-order valence-electron chi connectivity index (χ0n) is 10.00. The maximum atomic E-state index is 10.9. The largest absolute Gasteiger partial charge is 0.465 e. The first-order chi connectivity index (χ1) is 8.60. The molecule has 0 radical (unpaired) electrons. The third-order valence-electron chi connectivity index (χ3n) is 3.06. The predicted octanol–water partition coefficient (Wildman–Crippen LogP) is 1.51. The SMILES string of the molecule is CC1CC(Nc2cc(C#N)ccn2)CN1C(=O)O. The summed E-state index contributed by atoms with van der Waals surface area (Å²) in [5, 5.41) is 20.9. The van der Waals surface area contributed by atoms with E-state index in [2.05, 4.69) is 10.3 Å². The Hall–Kier alpha value is -2.29. The number of aromatic nitrogens is 1. The second-order valence-electron chi connectivity index (χ2n) is 4.40. The maximum Gasteiger partial charge on any atom is 0.407 e. The van der Waals surface area contributed by atoms with Crippen LogP contribution in [-0.2, 0) is 0 Å². The molecule has 1 amide bonds. The number of anilines is 1. The highest BCUT2D eigenvalue weighted by Crippen LogP contribution is 2.20. The van der Waals surface area contributed by atoms with Crippen molar-refractivity contribution in [3.05, 3.63) is 23.9 Å². The van der Waals surface area contributed by atoms with Gasteiger partial charge in [0.1, 0.15) is 5.82 Å². The summed E-state index contributed by atoms with van der Waals surface area (Å²) >= 11 is 0. The smallest absolute Gasteiger partial charge is 0.407 e. The molecule has 2 N–H and O–H groups in total. The lowest BCUT2D eigenvalue weighted by Crippen LogP contribution is -2.33. The molecule has 2 heterocycles. The van der Waals surface area contributed by atoms with E-state index in [0.717, 1.165) is 6.42 Å². The maximum absolute atomic E-state index is 10.9. The Labute approximate surface area is 105 Å². The van der Waals surface area contributed by atoms with Gasteiger partial charge in [-0.25, -0.2) is 9.78 Å². The van der Waals surface area contributed by atoms with Gasteiger partial charge in [0.25, 0.3) is 0 Å². The third-order valence-corrected chi connectivity index (χ3v) is 3.06. The zero-order valence-corrected chi connectivity index (χ0v) is 10.00. The van der Waals surface area contributed by atoms with E-state index in [1.54, 1.807) is 18.3 Å². The van der Waals surface area contributed by atoms with Crippen LogP contribution in [0.3, 0.4) is 0 Å².